The van der Waals surface area contributed by atoms with Gasteiger partial charge in [-0.1, -0.05) is 30.3 Å². The van der Waals surface area contributed by atoms with E-state index in [1.807, 2.05) is 30.3 Å². The van der Waals surface area contributed by atoms with Gasteiger partial charge in [0.25, 0.3) is 11.4 Å². The second-order valence-corrected chi connectivity index (χ2v) is 8.28. The Morgan fingerprint density at radius 1 is 1.17 bits per heavy atom. The van der Waals surface area contributed by atoms with E-state index < -0.39 is 21.9 Å². The normalized spacial score (nSPS) is 11.4. The number of hydrogen-bond donors (Lipinski definition) is 3. The minimum absolute atomic E-state index is 0.0261. The van der Waals surface area contributed by atoms with Crippen molar-refractivity contribution >= 4 is 27.0 Å². The van der Waals surface area contributed by atoms with E-state index in [-0.39, 0.29) is 36.6 Å². The Kier molecular flexibility index (Phi) is 6.33. The fourth-order valence-corrected chi connectivity index (χ4v) is 3.25. The summed E-state index contributed by atoms with van der Waals surface area (Å²) in [6.45, 7) is 0.151. The van der Waals surface area contributed by atoms with Crippen molar-refractivity contribution in [2.75, 3.05) is 19.3 Å². The third-order valence-electron chi connectivity index (χ3n) is 4.09. The molecular formula is C19H20N4O6S. The van der Waals surface area contributed by atoms with Gasteiger partial charge in [0.15, 0.2) is 0 Å². The maximum absolute atomic E-state index is 12.4. The fraction of sp³-hybridized carbons (Fsp3) is 0.211. The second kappa shape index (κ2) is 8.93. The number of benzene rings is 1. The number of hydrogen-bond acceptors (Lipinski definition) is 7. The van der Waals surface area contributed by atoms with Crippen LogP contribution in [0.15, 0.2) is 53.5 Å². The molecular weight excluding hydrogens is 412 g/mol. The summed E-state index contributed by atoms with van der Waals surface area (Å²) in [6, 6.07) is 12.1. The van der Waals surface area contributed by atoms with Crippen molar-refractivity contribution in [3.8, 4) is 11.6 Å². The molecule has 0 radical (unpaired) electrons. The minimum atomic E-state index is -3.37. The maximum atomic E-state index is 12.4. The van der Waals surface area contributed by atoms with Crippen LogP contribution in [0.5, 0.6) is 11.6 Å². The van der Waals surface area contributed by atoms with Crippen LogP contribution in [0.25, 0.3) is 10.9 Å². The lowest BCUT2D eigenvalue weighted by molar-refractivity contribution is 0.197. The van der Waals surface area contributed by atoms with E-state index >= 15 is 0 Å². The molecule has 0 atom stereocenters. The summed E-state index contributed by atoms with van der Waals surface area (Å²) < 4.78 is 30.6. The molecule has 10 nitrogen and oxygen atoms in total. The van der Waals surface area contributed by atoms with Crippen LogP contribution in [0.4, 0.5) is 4.79 Å². The van der Waals surface area contributed by atoms with Gasteiger partial charge >= 0.3 is 6.09 Å². The number of carbonyl (C=O) groups is 1. The van der Waals surface area contributed by atoms with Crippen molar-refractivity contribution in [1.29, 1.82) is 0 Å². The topological polar surface area (TPSA) is 140 Å². The van der Waals surface area contributed by atoms with E-state index in [9.17, 15) is 23.1 Å². The number of carbonyl (C=O) groups excluding carboxylic acids is 1. The molecule has 0 aliphatic heterocycles. The molecule has 0 aliphatic carbocycles. The van der Waals surface area contributed by atoms with Crippen LogP contribution in [0.2, 0.25) is 0 Å². The van der Waals surface area contributed by atoms with Gasteiger partial charge in [-0.05, 0) is 11.6 Å². The molecule has 1 aromatic carbocycles. The highest BCUT2D eigenvalue weighted by molar-refractivity contribution is 7.88. The second-order valence-electron chi connectivity index (χ2n) is 6.44. The lowest BCUT2D eigenvalue weighted by atomic mass is 10.2. The summed E-state index contributed by atoms with van der Waals surface area (Å²) in [7, 11) is -3.37. The Labute approximate surface area is 172 Å². The van der Waals surface area contributed by atoms with Crippen LogP contribution in [-0.2, 0) is 16.6 Å². The summed E-state index contributed by atoms with van der Waals surface area (Å²) >= 11 is 0. The SMILES string of the molecule is CS(=O)(=O)NCCNC(=O)Oc1ncc2ccc(=O)n(Cc3ccccc3)c2c1O. The number of fused-ring (bicyclic) bond motifs is 1. The molecule has 0 fully saturated rings. The maximum Gasteiger partial charge on any atom is 0.414 e. The molecule has 11 heteroatoms. The largest absolute Gasteiger partial charge is 0.502 e. The van der Waals surface area contributed by atoms with Gasteiger partial charge in [0.1, 0.15) is 5.52 Å². The third kappa shape index (κ3) is 5.33. The average Bonchev–Trinajstić information content (AvgIpc) is 2.69. The molecule has 3 rings (SSSR count). The predicted octanol–water partition coefficient (Wildman–Crippen LogP) is 0.788. The molecule has 3 aromatic rings. The molecule has 0 unspecified atom stereocenters. The molecule has 0 aliphatic rings. The standard InChI is InChI=1S/C19H20N4O6S/c1-30(27,28)22-10-9-20-19(26)29-18-17(25)16-14(11-21-18)7-8-15(24)23(16)12-13-5-3-2-4-6-13/h2-8,11,22,25H,9-10,12H2,1H3,(H,20,26). The Bertz CT molecular complexity index is 1220. The van der Waals surface area contributed by atoms with Crippen LogP contribution in [0.1, 0.15) is 5.56 Å². The van der Waals surface area contributed by atoms with Gasteiger partial charge in [0.2, 0.25) is 15.8 Å². The number of sulfonamides is 1. The summed E-state index contributed by atoms with van der Waals surface area (Å²) in [6.07, 6.45) is 1.45. The van der Waals surface area contributed by atoms with Crippen LogP contribution < -0.4 is 20.3 Å². The zero-order valence-electron chi connectivity index (χ0n) is 16.0. The number of nitrogens with one attached hydrogen (secondary N) is 2. The predicted molar refractivity (Wildman–Crippen MR) is 110 cm³/mol. The van der Waals surface area contributed by atoms with Gasteiger partial charge in [-0.3, -0.25) is 4.79 Å². The van der Waals surface area contributed by atoms with Gasteiger partial charge in [-0.25, -0.2) is 22.9 Å². The van der Waals surface area contributed by atoms with Gasteiger partial charge in [0, 0.05) is 30.7 Å². The fourth-order valence-electron chi connectivity index (χ4n) is 2.78. The first kappa shape index (κ1) is 21.3. The zero-order valence-corrected chi connectivity index (χ0v) is 16.8. The van der Waals surface area contributed by atoms with Crippen LogP contribution in [0, 0.1) is 0 Å². The quantitative estimate of drug-likeness (QED) is 0.469. The number of nitrogens with zero attached hydrogens (tertiary/aromatic N) is 2. The molecule has 0 spiro atoms. The Balaban J connectivity index is 1.83. The van der Waals surface area contributed by atoms with Crippen LogP contribution >= 0.6 is 0 Å². The average molecular weight is 432 g/mol. The zero-order chi connectivity index (χ0) is 21.7. The molecule has 158 valence electrons. The first-order valence-electron chi connectivity index (χ1n) is 8.90. The number of aromatic nitrogens is 2. The van der Waals surface area contributed by atoms with E-state index in [2.05, 4.69) is 15.0 Å². The molecule has 0 bridgehead atoms. The molecule has 2 aromatic heterocycles. The van der Waals surface area contributed by atoms with Crippen molar-refractivity contribution in [1.82, 2.24) is 19.6 Å². The Morgan fingerprint density at radius 3 is 2.60 bits per heavy atom. The molecule has 3 N–H and O–H groups in total. The van der Waals surface area contributed by atoms with Crippen LogP contribution in [-0.4, -0.2) is 48.5 Å². The first-order valence-corrected chi connectivity index (χ1v) is 10.8. The number of aromatic hydroxyl groups is 1. The van der Waals surface area contributed by atoms with Gasteiger partial charge in [0.05, 0.1) is 12.8 Å². The first-order chi connectivity index (χ1) is 14.2. The number of rotatable bonds is 7. The van der Waals surface area contributed by atoms with E-state index in [4.69, 9.17) is 4.74 Å². The Morgan fingerprint density at radius 2 is 1.90 bits per heavy atom. The number of amides is 1. The summed E-state index contributed by atoms with van der Waals surface area (Å²) in [5.74, 6) is -0.825. The van der Waals surface area contributed by atoms with Gasteiger partial charge in [-0.15, -0.1) is 0 Å². The van der Waals surface area contributed by atoms with Gasteiger partial charge in [-0.2, -0.15) is 0 Å². The molecule has 1 amide bonds. The van der Waals surface area contributed by atoms with Gasteiger partial charge < -0.3 is 19.7 Å². The van der Waals surface area contributed by atoms with E-state index in [1.165, 1.54) is 22.9 Å². The molecule has 0 saturated carbocycles. The van der Waals surface area contributed by atoms with Crippen molar-refractivity contribution in [2.24, 2.45) is 0 Å². The molecule has 2 heterocycles. The number of ether oxygens (including phenoxy) is 1. The summed E-state index contributed by atoms with van der Waals surface area (Å²) in [5.41, 5.74) is 0.694. The summed E-state index contributed by atoms with van der Waals surface area (Å²) in [4.78, 5) is 28.3. The Hall–Kier alpha value is -3.44. The van der Waals surface area contributed by atoms with Crippen molar-refractivity contribution < 1.29 is 23.1 Å². The monoisotopic (exact) mass is 432 g/mol. The minimum Gasteiger partial charge on any atom is -0.502 e. The van der Waals surface area contributed by atoms with Crippen LogP contribution in [0.3, 0.4) is 0 Å². The molecule has 30 heavy (non-hydrogen) atoms. The lowest BCUT2D eigenvalue weighted by Crippen LogP contribution is -2.35. The van der Waals surface area contributed by atoms with Crippen molar-refractivity contribution in [2.45, 2.75) is 6.54 Å². The summed E-state index contributed by atoms with van der Waals surface area (Å²) in [5, 5.41) is 13.5. The molecule has 0 saturated heterocycles. The van der Waals surface area contributed by atoms with E-state index in [0.717, 1.165) is 11.8 Å². The number of pyridine rings is 2. The third-order valence-corrected chi connectivity index (χ3v) is 4.82. The van der Waals surface area contributed by atoms with E-state index in [0.29, 0.717) is 5.39 Å². The highest BCUT2D eigenvalue weighted by Gasteiger charge is 2.17. The van der Waals surface area contributed by atoms with E-state index in [1.54, 1.807) is 0 Å². The highest BCUT2D eigenvalue weighted by Crippen LogP contribution is 2.31. The highest BCUT2D eigenvalue weighted by atomic mass is 32.2. The smallest absolute Gasteiger partial charge is 0.414 e. The van der Waals surface area contributed by atoms with Crippen molar-refractivity contribution in [3.05, 3.63) is 64.6 Å². The van der Waals surface area contributed by atoms with Crippen molar-refractivity contribution in [3.63, 3.8) is 0 Å². The lowest BCUT2D eigenvalue weighted by Gasteiger charge is -2.13.